The lowest BCUT2D eigenvalue weighted by Gasteiger charge is -2.05. The van der Waals surface area contributed by atoms with Gasteiger partial charge in [-0.3, -0.25) is 9.40 Å². The second-order valence-electron chi connectivity index (χ2n) is 4.48. The molecule has 110 valence electrons. The zero-order chi connectivity index (χ0) is 15.1. The molecule has 0 aliphatic carbocycles. The molecular formula is C11H16N4O3S2. The first-order valence-corrected chi connectivity index (χ1v) is 8.25. The third kappa shape index (κ3) is 2.69. The Labute approximate surface area is 121 Å². The summed E-state index contributed by atoms with van der Waals surface area (Å²) in [5.41, 5.74) is 1.43. The Bertz CT molecular complexity index is 731. The molecule has 0 aromatic carbocycles. The van der Waals surface area contributed by atoms with E-state index in [4.69, 9.17) is 0 Å². The van der Waals surface area contributed by atoms with Crippen LogP contribution in [0.3, 0.4) is 0 Å². The topological polar surface area (TPSA) is 97.1 Å². The molecule has 0 fully saturated rings. The number of rotatable bonds is 4. The van der Waals surface area contributed by atoms with Crippen LogP contribution in [0.5, 0.6) is 0 Å². The molecule has 9 heteroatoms. The number of aromatic nitrogens is 3. The predicted molar refractivity (Wildman–Crippen MR) is 76.2 cm³/mol. The molecule has 0 aliphatic rings. The third-order valence-electron chi connectivity index (χ3n) is 2.88. The monoisotopic (exact) mass is 316 g/mol. The highest BCUT2D eigenvalue weighted by Gasteiger charge is 2.25. The lowest BCUT2D eigenvalue weighted by atomic mass is 10.3. The fourth-order valence-corrected chi connectivity index (χ4v) is 4.32. The van der Waals surface area contributed by atoms with Gasteiger partial charge >= 0.3 is 0 Å². The number of hydrogen-bond donors (Lipinski definition) is 2. The molecule has 0 saturated heterocycles. The molecule has 0 aliphatic heterocycles. The van der Waals surface area contributed by atoms with Gasteiger partial charge in [0, 0.05) is 12.4 Å². The quantitative estimate of drug-likeness (QED) is 0.887. The van der Waals surface area contributed by atoms with Gasteiger partial charge in [-0.15, -0.1) is 11.3 Å². The van der Waals surface area contributed by atoms with Crippen LogP contribution in [0.15, 0.2) is 10.3 Å². The number of nitrogens with one attached hydrogen (secondary N) is 1. The Morgan fingerprint density at radius 3 is 2.55 bits per heavy atom. The number of anilines is 1. The van der Waals surface area contributed by atoms with E-state index in [1.54, 1.807) is 33.2 Å². The van der Waals surface area contributed by atoms with E-state index < -0.39 is 16.1 Å². The number of aryl methyl sites for hydroxylation is 2. The van der Waals surface area contributed by atoms with Gasteiger partial charge in [0.25, 0.3) is 10.0 Å². The SMILES string of the molecule is Cc1nn(C)c(C)c1S(=O)(=O)Nc1nc(C(C)O)cs1. The average molecular weight is 316 g/mol. The summed E-state index contributed by atoms with van der Waals surface area (Å²) in [5, 5.41) is 15.3. The highest BCUT2D eigenvalue weighted by molar-refractivity contribution is 7.93. The van der Waals surface area contributed by atoms with Crippen LogP contribution in [0.25, 0.3) is 0 Å². The van der Waals surface area contributed by atoms with Crippen LogP contribution < -0.4 is 4.72 Å². The van der Waals surface area contributed by atoms with Gasteiger partial charge in [0.05, 0.1) is 23.2 Å². The molecule has 2 heterocycles. The Kier molecular flexibility index (Phi) is 3.85. The van der Waals surface area contributed by atoms with Crippen molar-refractivity contribution in [2.75, 3.05) is 4.72 Å². The summed E-state index contributed by atoms with van der Waals surface area (Å²) in [6.07, 6.45) is -0.730. The van der Waals surface area contributed by atoms with Crippen molar-refractivity contribution < 1.29 is 13.5 Å². The van der Waals surface area contributed by atoms with Crippen molar-refractivity contribution in [2.45, 2.75) is 31.8 Å². The van der Waals surface area contributed by atoms with Crippen molar-refractivity contribution >= 4 is 26.5 Å². The van der Waals surface area contributed by atoms with Crippen LogP contribution in [0.2, 0.25) is 0 Å². The number of aliphatic hydroxyl groups is 1. The minimum atomic E-state index is -3.73. The molecule has 0 radical (unpaired) electrons. The molecule has 1 atom stereocenters. The number of hydrogen-bond acceptors (Lipinski definition) is 6. The zero-order valence-electron chi connectivity index (χ0n) is 11.6. The molecule has 7 nitrogen and oxygen atoms in total. The van der Waals surface area contributed by atoms with Gasteiger partial charge in [0.1, 0.15) is 4.90 Å². The van der Waals surface area contributed by atoms with Gasteiger partial charge in [0.15, 0.2) is 5.13 Å². The van der Waals surface area contributed by atoms with Gasteiger partial charge in [-0.1, -0.05) is 0 Å². The molecule has 0 amide bonds. The van der Waals surface area contributed by atoms with E-state index >= 15 is 0 Å². The van der Waals surface area contributed by atoms with Crippen LogP contribution >= 0.6 is 11.3 Å². The standard InChI is InChI=1S/C11H16N4O3S2/c1-6-10(7(2)15(4)13-6)20(17,18)14-11-12-9(5-19-11)8(3)16/h5,8,16H,1-4H3,(H,12,14). The summed E-state index contributed by atoms with van der Waals surface area (Å²) >= 11 is 1.13. The van der Waals surface area contributed by atoms with Gasteiger partial charge in [-0.25, -0.2) is 13.4 Å². The van der Waals surface area contributed by atoms with Crippen molar-refractivity contribution in [1.82, 2.24) is 14.8 Å². The minimum Gasteiger partial charge on any atom is -0.387 e. The van der Waals surface area contributed by atoms with E-state index in [1.165, 1.54) is 4.68 Å². The molecule has 0 bridgehead atoms. The lowest BCUT2D eigenvalue weighted by Crippen LogP contribution is -2.15. The van der Waals surface area contributed by atoms with E-state index in [2.05, 4.69) is 14.8 Å². The molecule has 0 spiro atoms. The summed E-state index contributed by atoms with van der Waals surface area (Å²) in [6, 6.07) is 0. The van der Waals surface area contributed by atoms with Crippen molar-refractivity contribution in [3.63, 3.8) is 0 Å². The maximum Gasteiger partial charge on any atom is 0.267 e. The third-order valence-corrected chi connectivity index (χ3v) is 5.38. The van der Waals surface area contributed by atoms with Gasteiger partial charge in [-0.05, 0) is 20.8 Å². The van der Waals surface area contributed by atoms with Crippen LogP contribution in [0, 0.1) is 13.8 Å². The summed E-state index contributed by atoms with van der Waals surface area (Å²) in [7, 11) is -2.04. The van der Waals surface area contributed by atoms with Gasteiger partial charge in [0.2, 0.25) is 0 Å². The summed E-state index contributed by atoms with van der Waals surface area (Å²) in [5.74, 6) is 0. The normalized spacial score (nSPS) is 13.4. The maximum absolute atomic E-state index is 12.4. The van der Waals surface area contributed by atoms with E-state index in [9.17, 15) is 13.5 Å². The van der Waals surface area contributed by atoms with E-state index in [0.717, 1.165) is 11.3 Å². The maximum atomic E-state index is 12.4. The van der Waals surface area contributed by atoms with Crippen molar-refractivity contribution in [3.8, 4) is 0 Å². The molecule has 2 aromatic heterocycles. The van der Waals surface area contributed by atoms with E-state index in [0.29, 0.717) is 17.1 Å². The first kappa shape index (κ1) is 14.9. The largest absolute Gasteiger partial charge is 0.387 e. The number of aliphatic hydroxyl groups excluding tert-OH is 1. The zero-order valence-corrected chi connectivity index (χ0v) is 13.2. The molecule has 20 heavy (non-hydrogen) atoms. The van der Waals surface area contributed by atoms with E-state index in [1.807, 2.05) is 0 Å². The van der Waals surface area contributed by atoms with Crippen LogP contribution in [-0.4, -0.2) is 28.3 Å². The molecular weight excluding hydrogens is 300 g/mol. The van der Waals surface area contributed by atoms with Gasteiger partial charge < -0.3 is 5.11 Å². The molecule has 2 N–H and O–H groups in total. The van der Waals surface area contributed by atoms with Crippen LogP contribution in [0.1, 0.15) is 30.1 Å². The number of sulfonamides is 1. The van der Waals surface area contributed by atoms with Crippen LogP contribution in [-0.2, 0) is 17.1 Å². The minimum absolute atomic E-state index is 0.161. The van der Waals surface area contributed by atoms with Crippen molar-refractivity contribution in [3.05, 3.63) is 22.5 Å². The Balaban J connectivity index is 2.35. The second-order valence-corrected chi connectivity index (χ2v) is 6.96. The fraction of sp³-hybridized carbons (Fsp3) is 0.455. The predicted octanol–water partition coefficient (Wildman–Crippen LogP) is 1.35. The summed E-state index contributed by atoms with van der Waals surface area (Å²) in [6.45, 7) is 4.91. The van der Waals surface area contributed by atoms with E-state index in [-0.39, 0.29) is 10.0 Å². The second kappa shape index (κ2) is 5.15. The highest BCUT2D eigenvalue weighted by atomic mass is 32.2. The number of thiazole rings is 1. The fourth-order valence-electron chi connectivity index (χ4n) is 1.83. The Hall–Kier alpha value is -1.45. The first-order valence-electron chi connectivity index (χ1n) is 5.89. The van der Waals surface area contributed by atoms with Crippen molar-refractivity contribution in [2.24, 2.45) is 7.05 Å². The molecule has 0 saturated carbocycles. The molecule has 2 rings (SSSR count). The summed E-state index contributed by atoms with van der Waals surface area (Å²) < 4.78 is 28.7. The average Bonchev–Trinajstić information content (AvgIpc) is 2.84. The first-order chi connectivity index (χ1) is 9.22. The Morgan fingerprint density at radius 2 is 2.10 bits per heavy atom. The highest BCUT2D eigenvalue weighted by Crippen LogP contribution is 2.25. The van der Waals surface area contributed by atoms with Crippen molar-refractivity contribution in [1.29, 1.82) is 0 Å². The Morgan fingerprint density at radius 1 is 1.45 bits per heavy atom. The summed E-state index contributed by atoms with van der Waals surface area (Å²) in [4.78, 5) is 4.20. The van der Waals surface area contributed by atoms with Crippen LogP contribution in [0.4, 0.5) is 5.13 Å². The smallest absolute Gasteiger partial charge is 0.267 e. The lowest BCUT2D eigenvalue weighted by molar-refractivity contribution is 0.195. The van der Waals surface area contributed by atoms with Gasteiger partial charge in [-0.2, -0.15) is 5.10 Å². The number of nitrogens with zero attached hydrogens (tertiary/aromatic N) is 3. The molecule has 1 unspecified atom stereocenters. The molecule has 2 aromatic rings.